The Balaban J connectivity index is 2.01. The third-order valence-electron chi connectivity index (χ3n) is 3.53. The molecule has 0 bridgehead atoms. The van der Waals surface area contributed by atoms with Crippen LogP contribution in [0.15, 0.2) is 30.3 Å². The molecule has 0 aromatic heterocycles. The normalized spacial score (nSPS) is 17.9. The molecule has 0 radical (unpaired) electrons. The van der Waals surface area contributed by atoms with Gasteiger partial charge in [-0.25, -0.2) is 9.59 Å². The fraction of sp³-hybridized carbons (Fsp3) is 0.429. The van der Waals surface area contributed by atoms with Crippen molar-refractivity contribution in [3.63, 3.8) is 0 Å². The van der Waals surface area contributed by atoms with Crippen LogP contribution in [0.4, 0.5) is 4.79 Å². The monoisotopic (exact) mass is 262 g/mol. The molecule has 1 aliphatic carbocycles. The van der Waals surface area contributed by atoms with E-state index in [4.69, 9.17) is 0 Å². The maximum absolute atomic E-state index is 11.9. The second-order valence-electron chi connectivity index (χ2n) is 5.19. The maximum Gasteiger partial charge on any atom is 0.330 e. The molecule has 1 atom stereocenters. The molecule has 19 heavy (non-hydrogen) atoms. The molecule has 1 aliphatic rings. The molecule has 2 rings (SSSR count). The van der Waals surface area contributed by atoms with Crippen molar-refractivity contribution in [1.29, 1.82) is 0 Å². The van der Waals surface area contributed by atoms with E-state index in [1.54, 1.807) is 30.3 Å². The van der Waals surface area contributed by atoms with Gasteiger partial charge in [0.1, 0.15) is 0 Å². The molecular formula is C14H18N2O3. The highest BCUT2D eigenvalue weighted by Crippen LogP contribution is 2.30. The van der Waals surface area contributed by atoms with E-state index in [1.165, 1.54) is 0 Å². The maximum atomic E-state index is 11.9. The van der Waals surface area contributed by atoms with Crippen LogP contribution in [-0.2, 0) is 4.79 Å². The summed E-state index contributed by atoms with van der Waals surface area (Å²) in [6.45, 7) is 1.97. The summed E-state index contributed by atoms with van der Waals surface area (Å²) in [5.74, 6) is -1.07. The standard InChI is InChI=1S/C14H18N2O3/c1-14(8-5-9-14)16-13(19)15-11(12(17)18)10-6-3-2-4-7-10/h2-4,6-7,11H,5,8-9H2,1H3,(H,17,18)(H2,15,16,19). The van der Waals surface area contributed by atoms with Crippen LogP contribution < -0.4 is 10.6 Å². The number of carbonyl (C=O) groups is 2. The fourth-order valence-corrected chi connectivity index (χ4v) is 2.21. The lowest BCUT2D eigenvalue weighted by atomic mass is 9.79. The predicted octanol–water partition coefficient (Wildman–Crippen LogP) is 2.05. The van der Waals surface area contributed by atoms with Gasteiger partial charge in [0.25, 0.3) is 0 Å². The summed E-state index contributed by atoms with van der Waals surface area (Å²) in [4.78, 5) is 23.1. The SMILES string of the molecule is CC1(NC(=O)NC(C(=O)O)c2ccccc2)CCC1. The van der Waals surface area contributed by atoms with Crippen LogP contribution in [0, 0.1) is 0 Å². The van der Waals surface area contributed by atoms with E-state index in [1.807, 2.05) is 6.92 Å². The Morgan fingerprint density at radius 1 is 1.26 bits per heavy atom. The van der Waals surface area contributed by atoms with Gasteiger partial charge in [-0.1, -0.05) is 30.3 Å². The van der Waals surface area contributed by atoms with Crippen molar-refractivity contribution in [3.8, 4) is 0 Å². The van der Waals surface area contributed by atoms with Gasteiger partial charge >= 0.3 is 12.0 Å². The zero-order chi connectivity index (χ0) is 13.9. The van der Waals surface area contributed by atoms with Crippen molar-refractivity contribution < 1.29 is 14.7 Å². The first-order valence-corrected chi connectivity index (χ1v) is 6.37. The lowest BCUT2D eigenvalue weighted by molar-refractivity contribution is -0.139. The molecule has 5 nitrogen and oxygen atoms in total. The largest absolute Gasteiger partial charge is 0.479 e. The van der Waals surface area contributed by atoms with Gasteiger partial charge in [0, 0.05) is 5.54 Å². The molecular weight excluding hydrogens is 244 g/mol. The Labute approximate surface area is 112 Å². The number of nitrogens with one attached hydrogen (secondary N) is 2. The van der Waals surface area contributed by atoms with Crippen LogP contribution in [0.2, 0.25) is 0 Å². The first-order chi connectivity index (χ1) is 9.00. The van der Waals surface area contributed by atoms with Crippen LogP contribution in [0.1, 0.15) is 37.8 Å². The van der Waals surface area contributed by atoms with Crippen molar-refractivity contribution in [2.75, 3.05) is 0 Å². The van der Waals surface area contributed by atoms with Gasteiger partial charge in [-0.15, -0.1) is 0 Å². The summed E-state index contributed by atoms with van der Waals surface area (Å²) in [7, 11) is 0. The number of rotatable bonds is 4. The summed E-state index contributed by atoms with van der Waals surface area (Å²) in [5.41, 5.74) is 0.369. The summed E-state index contributed by atoms with van der Waals surface area (Å²) < 4.78 is 0. The lowest BCUT2D eigenvalue weighted by Gasteiger charge is -2.39. The highest BCUT2D eigenvalue weighted by Gasteiger charge is 2.34. The number of aliphatic carboxylic acids is 1. The van der Waals surface area contributed by atoms with E-state index in [-0.39, 0.29) is 5.54 Å². The summed E-state index contributed by atoms with van der Waals surface area (Å²) >= 11 is 0. The van der Waals surface area contributed by atoms with Crippen molar-refractivity contribution in [2.45, 2.75) is 37.8 Å². The molecule has 102 valence electrons. The minimum Gasteiger partial charge on any atom is -0.479 e. The van der Waals surface area contributed by atoms with Crippen LogP contribution in [-0.4, -0.2) is 22.6 Å². The molecule has 0 spiro atoms. The molecule has 2 amide bonds. The summed E-state index contributed by atoms with van der Waals surface area (Å²) in [6.07, 6.45) is 2.96. The second kappa shape index (κ2) is 5.30. The molecule has 5 heteroatoms. The van der Waals surface area contributed by atoms with Crippen LogP contribution >= 0.6 is 0 Å². The molecule has 0 aliphatic heterocycles. The number of urea groups is 1. The van der Waals surface area contributed by atoms with E-state index in [0.717, 1.165) is 19.3 Å². The molecule has 1 aromatic rings. The molecule has 0 heterocycles. The number of carboxylic acid groups (broad SMARTS) is 1. The van der Waals surface area contributed by atoms with Gasteiger partial charge in [0.2, 0.25) is 0 Å². The third kappa shape index (κ3) is 3.24. The van der Waals surface area contributed by atoms with Crippen molar-refractivity contribution in [3.05, 3.63) is 35.9 Å². The topological polar surface area (TPSA) is 78.4 Å². The van der Waals surface area contributed by atoms with E-state index < -0.39 is 18.0 Å². The number of carboxylic acids is 1. The zero-order valence-corrected chi connectivity index (χ0v) is 10.8. The average Bonchev–Trinajstić information content (AvgIpc) is 2.35. The molecule has 1 saturated carbocycles. The smallest absolute Gasteiger partial charge is 0.330 e. The van der Waals surface area contributed by atoms with E-state index in [9.17, 15) is 14.7 Å². The van der Waals surface area contributed by atoms with Gasteiger partial charge in [0.05, 0.1) is 0 Å². The second-order valence-corrected chi connectivity index (χ2v) is 5.19. The zero-order valence-electron chi connectivity index (χ0n) is 10.8. The van der Waals surface area contributed by atoms with Gasteiger partial charge in [0.15, 0.2) is 6.04 Å². The van der Waals surface area contributed by atoms with E-state index in [0.29, 0.717) is 5.56 Å². The highest BCUT2D eigenvalue weighted by molar-refractivity contribution is 5.84. The van der Waals surface area contributed by atoms with Crippen LogP contribution in [0.3, 0.4) is 0 Å². The Bertz CT molecular complexity index is 469. The fourth-order valence-electron chi connectivity index (χ4n) is 2.21. The first kappa shape index (κ1) is 13.4. The van der Waals surface area contributed by atoms with Gasteiger partial charge in [-0.2, -0.15) is 0 Å². The summed E-state index contributed by atoms with van der Waals surface area (Å²) in [5, 5.41) is 14.5. The first-order valence-electron chi connectivity index (χ1n) is 6.37. The van der Waals surface area contributed by atoms with E-state index >= 15 is 0 Å². The molecule has 0 saturated heterocycles. The van der Waals surface area contributed by atoms with Gasteiger partial charge in [-0.3, -0.25) is 0 Å². The van der Waals surface area contributed by atoms with Crippen LogP contribution in [0.5, 0.6) is 0 Å². The molecule has 3 N–H and O–H groups in total. The Morgan fingerprint density at radius 2 is 1.89 bits per heavy atom. The molecule has 1 unspecified atom stereocenters. The minimum atomic E-state index is -1.07. The van der Waals surface area contributed by atoms with Crippen molar-refractivity contribution in [1.82, 2.24) is 10.6 Å². The van der Waals surface area contributed by atoms with E-state index in [2.05, 4.69) is 10.6 Å². The number of hydrogen-bond acceptors (Lipinski definition) is 2. The average molecular weight is 262 g/mol. The number of hydrogen-bond donors (Lipinski definition) is 3. The Hall–Kier alpha value is -2.04. The number of amides is 2. The van der Waals surface area contributed by atoms with Crippen molar-refractivity contribution in [2.24, 2.45) is 0 Å². The summed E-state index contributed by atoms with van der Waals surface area (Å²) in [6, 6.07) is 7.21. The Kier molecular flexibility index (Phi) is 3.74. The van der Waals surface area contributed by atoms with Gasteiger partial charge < -0.3 is 15.7 Å². The third-order valence-corrected chi connectivity index (χ3v) is 3.53. The van der Waals surface area contributed by atoms with Crippen molar-refractivity contribution >= 4 is 12.0 Å². The lowest BCUT2D eigenvalue weighted by Crippen LogP contribution is -2.55. The predicted molar refractivity (Wildman–Crippen MR) is 70.7 cm³/mol. The highest BCUT2D eigenvalue weighted by atomic mass is 16.4. The quantitative estimate of drug-likeness (QED) is 0.777. The molecule has 1 aromatic carbocycles. The van der Waals surface area contributed by atoms with Gasteiger partial charge in [-0.05, 0) is 31.7 Å². The van der Waals surface area contributed by atoms with Crippen LogP contribution in [0.25, 0.3) is 0 Å². The number of carbonyl (C=O) groups excluding carboxylic acids is 1. The minimum absolute atomic E-state index is 0.191. The Morgan fingerprint density at radius 3 is 2.37 bits per heavy atom. The number of benzene rings is 1. The molecule has 1 fully saturated rings.